The molecule has 23 nitrogen and oxygen atoms in total. The summed E-state index contributed by atoms with van der Waals surface area (Å²) in [6.07, 6.45) is -2.82. The van der Waals surface area contributed by atoms with Crippen LogP contribution in [0.2, 0.25) is 25.1 Å². The zero-order chi connectivity index (χ0) is 107. The molecule has 19 aromatic rings. The number of carbonyl (C=O) groups is 3. The average molecular weight is 2130 g/mol. The maximum absolute atomic E-state index is 12.7. The third-order valence-corrected chi connectivity index (χ3v) is 24.0. The Balaban J connectivity index is 0.000000168. The first kappa shape index (κ1) is 114. The number of amides is 2. The predicted octanol–water partition coefficient (Wildman–Crippen LogP) is 33.3. The molecule has 0 aliphatic rings. The number of furan rings is 8. The number of aryl methyl sites for hydroxylation is 6. The van der Waals surface area contributed by atoms with E-state index in [0.29, 0.717) is 78.1 Å². The number of ether oxygens (including phenoxy) is 2. The quantitative estimate of drug-likeness (QED) is 0.0204. The Morgan fingerprint density at radius 1 is 0.463 bits per heavy atom. The van der Waals surface area contributed by atoms with Crippen molar-refractivity contribution >= 4 is 105 Å². The Kier molecular flexibility index (Phi) is 42.0. The van der Waals surface area contributed by atoms with Gasteiger partial charge in [0.1, 0.15) is 103 Å². The molecular weight excluding hydrogens is 2020 g/mol. The summed E-state index contributed by atoms with van der Waals surface area (Å²) in [6.45, 7) is 15.8. The van der Waals surface area contributed by atoms with Crippen LogP contribution in [0.25, 0.3) is 107 Å². The maximum Gasteiger partial charge on any atom is 0.573 e. The molecule has 0 bridgehead atoms. The number of nitrogens with zero attached hydrogens (tertiary/aromatic N) is 3. The van der Waals surface area contributed by atoms with Gasteiger partial charge in [0.15, 0.2) is 17.3 Å². The smallest absolute Gasteiger partial charge is 0.496 e. The lowest BCUT2D eigenvalue weighted by Crippen LogP contribution is -2.19. The molecule has 2 atom stereocenters. The summed E-state index contributed by atoms with van der Waals surface area (Å²) in [5, 5.41) is 21.2. The van der Waals surface area contributed by atoms with Crippen LogP contribution >= 0.6 is 65.4 Å². The van der Waals surface area contributed by atoms with E-state index in [-0.39, 0.29) is 51.7 Å². The Morgan fingerprint density at radius 2 is 0.830 bits per heavy atom. The normalized spacial score (nSPS) is 11.3. The van der Waals surface area contributed by atoms with Crippen LogP contribution in [0.15, 0.2) is 363 Å². The van der Waals surface area contributed by atoms with Gasteiger partial charge in [-0.2, -0.15) is 13.2 Å². The first-order valence-corrected chi connectivity index (χ1v) is 49.2. The van der Waals surface area contributed by atoms with Gasteiger partial charge < -0.3 is 70.5 Å². The number of Topliss-reactive ketones (excluding diaryl/α,β-unsaturated/α-hetero) is 1. The third-order valence-electron chi connectivity index (χ3n) is 21.0. The Hall–Kier alpha value is -15.0. The molecule has 0 aliphatic heterocycles. The minimum atomic E-state index is -4.71. The van der Waals surface area contributed by atoms with Crippen LogP contribution in [0.1, 0.15) is 105 Å². The molecule has 2 amide bonds. The Labute approximate surface area is 868 Å². The highest BCUT2D eigenvalue weighted by Gasteiger charge is 2.35. The molecule has 9 aromatic carbocycles. The number of ketones is 1. The molecule has 19 rings (SSSR count). The summed E-state index contributed by atoms with van der Waals surface area (Å²) in [7, 11) is 1.81. The number of nitrogens with one attached hydrogen (secondary N) is 2. The highest BCUT2D eigenvalue weighted by Crippen LogP contribution is 2.43. The van der Waals surface area contributed by atoms with Crippen molar-refractivity contribution in [1.29, 1.82) is 0 Å². The number of carbonyl (C=O) groups excluding carboxylic acids is 3. The Morgan fingerprint density at radius 3 is 1.25 bits per heavy atom. The summed E-state index contributed by atoms with van der Waals surface area (Å²) >= 11 is 29.9. The lowest BCUT2D eigenvalue weighted by Gasteiger charge is -2.13. The van der Waals surface area contributed by atoms with Crippen molar-refractivity contribution in [2.75, 3.05) is 27.9 Å². The van der Waals surface area contributed by atoms with Crippen LogP contribution in [0.3, 0.4) is 0 Å². The molecule has 35 heteroatoms. The second kappa shape index (κ2) is 54.2. The number of aromatic nitrogens is 2. The number of unbranched alkanes of at least 4 members (excludes halogenated alkanes) is 1. The van der Waals surface area contributed by atoms with E-state index in [2.05, 4.69) is 20.4 Å². The molecule has 10 aromatic heterocycles. The van der Waals surface area contributed by atoms with E-state index < -0.39 is 36.2 Å². The SMILES string of the molecule is CC(=O)c1ccc(-c2ccccc2Cl)o1.CCCC[C@H](N)P(C)(=O)O.CNC(=O)c1ccc(-c2ccccc2Cl)o1.CNC(=O)c1cn2ccc3ccccc3c2n1.COc1ccccc1-c1ccc(C)o1.Cc1ccc(-c2cc(Cl)ccc2Cl)o1.Cc1ccc(-c2ccccc2C(F)(F)F)o1.Cc1ccc(-c2ccccc2Cl)o1.Cc1ccc(-c2ccccc2OC(F)(F)F)o1.Cc1ccc(-c2ccccc2[N+](=O)[O-])o1. The van der Waals surface area contributed by atoms with Crippen molar-refractivity contribution in [2.24, 2.45) is 5.73 Å². The average Bonchev–Trinajstić information content (AvgIpc) is 1.66. The van der Waals surface area contributed by atoms with Crippen molar-refractivity contribution < 1.29 is 99.9 Å². The molecule has 1 unspecified atom stereocenters. The van der Waals surface area contributed by atoms with Crippen molar-refractivity contribution in [3.8, 4) is 102 Å². The van der Waals surface area contributed by atoms with Gasteiger partial charge in [0.2, 0.25) is 7.37 Å². The number of halogens is 11. The molecule has 10 heterocycles. The summed E-state index contributed by atoms with van der Waals surface area (Å²) in [5.41, 5.74) is 11.2. The topological polar surface area (TPSA) is 323 Å². The first-order valence-electron chi connectivity index (χ1n) is 45.1. The molecular formula is C112H102Cl5F6N6O17P. The van der Waals surface area contributed by atoms with Crippen LogP contribution < -0.4 is 25.8 Å². The number of hydrogen-bond acceptors (Lipinski definition) is 18. The molecule has 0 spiro atoms. The van der Waals surface area contributed by atoms with Gasteiger partial charge in [-0.25, -0.2) is 4.98 Å². The fraction of sp³-hybridized carbons (Fsp3) is 0.161. The number of rotatable bonds is 18. The van der Waals surface area contributed by atoms with Crippen molar-refractivity contribution in [2.45, 2.75) is 93.0 Å². The van der Waals surface area contributed by atoms with E-state index in [1.54, 1.807) is 170 Å². The molecule has 764 valence electrons. The van der Waals surface area contributed by atoms with E-state index in [0.717, 1.165) is 114 Å². The number of methoxy groups -OCH3 is 1. The summed E-state index contributed by atoms with van der Waals surface area (Å²) in [5.74, 6) is 9.52. The minimum absolute atomic E-state index is 0.0619. The number of fused-ring (bicyclic) bond motifs is 3. The van der Waals surface area contributed by atoms with E-state index >= 15 is 0 Å². The lowest BCUT2D eigenvalue weighted by molar-refractivity contribution is -0.384. The van der Waals surface area contributed by atoms with Gasteiger partial charge >= 0.3 is 12.5 Å². The number of hydrogen-bond donors (Lipinski definition) is 4. The van der Waals surface area contributed by atoms with Crippen LogP contribution in [0.5, 0.6) is 11.5 Å². The number of alkyl halides is 6. The van der Waals surface area contributed by atoms with Gasteiger partial charge in [-0.1, -0.05) is 193 Å². The fourth-order valence-electron chi connectivity index (χ4n) is 13.7. The number of imidazole rings is 1. The van der Waals surface area contributed by atoms with Crippen molar-refractivity contribution in [1.82, 2.24) is 20.0 Å². The van der Waals surface area contributed by atoms with Gasteiger partial charge in [-0.15, -0.1) is 13.2 Å². The second-order valence-electron chi connectivity index (χ2n) is 32.0. The van der Waals surface area contributed by atoms with Gasteiger partial charge in [-0.3, -0.25) is 29.1 Å². The molecule has 0 aliphatic carbocycles. The van der Waals surface area contributed by atoms with E-state index in [4.69, 9.17) is 109 Å². The third kappa shape index (κ3) is 33.8. The number of nitrogens with two attached hydrogens (primary N) is 1. The molecule has 0 fully saturated rings. The number of para-hydroxylation sites is 3. The largest absolute Gasteiger partial charge is 0.573 e. The number of benzene rings is 9. The van der Waals surface area contributed by atoms with Gasteiger partial charge in [-0.05, 0) is 247 Å². The van der Waals surface area contributed by atoms with Crippen LogP contribution in [-0.4, -0.2) is 76.8 Å². The number of nitro benzene ring substituents is 1. The summed E-state index contributed by atoms with van der Waals surface area (Å²) < 4.78 is 140. The number of nitro groups is 1. The van der Waals surface area contributed by atoms with E-state index in [9.17, 15) is 55.4 Å². The molecule has 0 saturated heterocycles. The molecule has 147 heavy (non-hydrogen) atoms. The highest BCUT2D eigenvalue weighted by molar-refractivity contribution is 7.57. The fourth-order valence-corrected chi connectivity index (χ4v) is 15.4. The van der Waals surface area contributed by atoms with Crippen molar-refractivity contribution in [3.05, 3.63) is 420 Å². The lowest BCUT2D eigenvalue weighted by atomic mass is 10.1. The van der Waals surface area contributed by atoms with E-state index in [1.807, 2.05) is 190 Å². The standard InChI is InChI=1S/C13H11N3O.C12H10ClNO2.C12H9ClO2.C12H9F3O2.C12H9F3O.C12H12O2.C11H8Cl2O.C11H9ClO.C11H9NO3.C6H16NO2P/c1-14-13(17)11-8-16-7-6-9-4-2-3-5-10(9)12(16)15-11;1-14-12(15)11-7-6-10(16-11)8-4-2-3-5-9(8)13;1-8(14)11-6-7-12(15-11)9-4-2-3-5-10(9)13;1-8-6-7-10(16-8)9-4-2-3-5-11(9)17-12(13,14)15;1-8-6-7-11(16-8)9-4-2-3-5-10(9)12(13,14)15;1-9-7-8-12(14-9)10-5-3-4-6-11(10)13-2;1-7-2-5-11(14-7)9-6-8(12)3-4-10(9)13;1-8-6-7-11(13-8)9-4-2-3-5-10(9)12;1-8-6-7-11(15-8)9-4-2-3-5-10(9)12(13)14;1-3-4-5-6(7)10(2,8)9/h2-8H,1H3,(H,14,17);2-7H,1H3,(H,14,15);2-7H,1H3;2-7H,1H3;2-7H,1H3;3-8H,1-2H3;2-6H,1H3;2-7H,1H3;2-7H,1H3;6H,3-5,7H2,1-2H3,(H,8,9)/t;;;;;;;;;6-/m.........1/s1. The van der Waals surface area contributed by atoms with Crippen LogP contribution in [-0.2, 0) is 10.7 Å². The maximum atomic E-state index is 12.7. The predicted molar refractivity (Wildman–Crippen MR) is 564 cm³/mol. The van der Waals surface area contributed by atoms with Crippen LogP contribution in [0, 0.1) is 51.7 Å². The van der Waals surface area contributed by atoms with E-state index in [1.165, 1.54) is 50.0 Å². The Bertz CT molecular complexity index is 7610. The molecule has 0 radical (unpaired) electrons. The van der Waals surface area contributed by atoms with Gasteiger partial charge in [0.05, 0.1) is 60.2 Å². The summed E-state index contributed by atoms with van der Waals surface area (Å²) in [4.78, 5) is 57.5. The monoisotopic (exact) mass is 2120 g/mol. The van der Waals surface area contributed by atoms with Gasteiger partial charge in [0.25, 0.3) is 17.5 Å². The first-order chi connectivity index (χ1) is 70.0. The molecule has 5 N–H and O–H groups in total. The second-order valence-corrected chi connectivity index (χ2v) is 36.7. The number of pyridine rings is 1. The summed E-state index contributed by atoms with van der Waals surface area (Å²) in [6, 6.07) is 91.5. The zero-order valence-corrected chi connectivity index (χ0v) is 86.1. The molecule has 0 saturated carbocycles. The highest BCUT2D eigenvalue weighted by atomic mass is 35.5. The van der Waals surface area contributed by atoms with Gasteiger partial charge in [0, 0.05) is 84.4 Å². The zero-order valence-electron chi connectivity index (χ0n) is 81.4. The minimum Gasteiger partial charge on any atom is -0.496 e. The van der Waals surface area contributed by atoms with Crippen LogP contribution in [0.4, 0.5) is 32.0 Å². The van der Waals surface area contributed by atoms with Crippen molar-refractivity contribution in [3.63, 3.8) is 0 Å².